The van der Waals surface area contributed by atoms with E-state index in [1.165, 1.54) is 6.42 Å². The molecule has 1 saturated carbocycles. The van der Waals surface area contributed by atoms with Crippen molar-refractivity contribution in [3.8, 4) is 0 Å². The van der Waals surface area contributed by atoms with E-state index in [9.17, 15) is 0 Å². The molecule has 1 aromatic heterocycles. The first-order chi connectivity index (χ1) is 9.58. The largest absolute Gasteiger partial charge is 0.370 e. The van der Waals surface area contributed by atoms with Gasteiger partial charge in [-0.1, -0.05) is 18.5 Å². The molecule has 2 aliphatic rings. The molecular formula is C15H25N3O2. The number of rotatable bonds is 3. The van der Waals surface area contributed by atoms with Gasteiger partial charge in [0.2, 0.25) is 11.7 Å². The maximum atomic E-state index is 5.84. The van der Waals surface area contributed by atoms with Crippen molar-refractivity contribution < 1.29 is 9.26 Å². The summed E-state index contributed by atoms with van der Waals surface area (Å²) in [5, 5.41) is 7.64. The Morgan fingerprint density at radius 2 is 2.25 bits per heavy atom. The van der Waals surface area contributed by atoms with E-state index in [1.54, 1.807) is 7.11 Å². The zero-order chi connectivity index (χ0) is 14.2. The van der Waals surface area contributed by atoms with Gasteiger partial charge in [-0.25, -0.2) is 0 Å². The van der Waals surface area contributed by atoms with E-state index in [2.05, 4.69) is 24.3 Å². The fourth-order valence-electron chi connectivity index (χ4n) is 3.64. The second kappa shape index (κ2) is 5.11. The number of nitrogens with zero attached hydrogens (tertiary/aromatic N) is 2. The van der Waals surface area contributed by atoms with E-state index in [-0.39, 0.29) is 11.0 Å². The topological polar surface area (TPSA) is 60.2 Å². The van der Waals surface area contributed by atoms with Gasteiger partial charge in [-0.2, -0.15) is 4.98 Å². The van der Waals surface area contributed by atoms with Crippen LogP contribution in [0.4, 0.5) is 0 Å². The average molecular weight is 279 g/mol. The van der Waals surface area contributed by atoms with Crippen molar-refractivity contribution >= 4 is 0 Å². The monoisotopic (exact) mass is 279 g/mol. The normalized spacial score (nSPS) is 38.2. The minimum Gasteiger partial charge on any atom is -0.370 e. The number of hydrogen-bond acceptors (Lipinski definition) is 5. The maximum Gasteiger partial charge on any atom is 0.234 e. The molecule has 1 N–H and O–H groups in total. The first kappa shape index (κ1) is 14.0. The van der Waals surface area contributed by atoms with Gasteiger partial charge >= 0.3 is 0 Å². The quantitative estimate of drug-likeness (QED) is 0.920. The molecule has 0 aromatic carbocycles. The smallest absolute Gasteiger partial charge is 0.234 e. The van der Waals surface area contributed by atoms with Crippen LogP contribution in [0.15, 0.2) is 4.52 Å². The molecule has 0 spiro atoms. The predicted molar refractivity (Wildman–Crippen MR) is 75.5 cm³/mol. The van der Waals surface area contributed by atoms with Crippen molar-refractivity contribution in [2.45, 2.75) is 57.0 Å². The van der Waals surface area contributed by atoms with Crippen molar-refractivity contribution in [1.29, 1.82) is 0 Å². The predicted octanol–water partition coefficient (Wildman–Crippen LogP) is 2.37. The molecule has 2 heterocycles. The van der Waals surface area contributed by atoms with E-state index >= 15 is 0 Å². The lowest BCUT2D eigenvalue weighted by Gasteiger charge is -2.36. The van der Waals surface area contributed by atoms with Crippen LogP contribution >= 0.6 is 0 Å². The maximum absolute atomic E-state index is 5.84. The number of hydrogen-bond donors (Lipinski definition) is 1. The molecule has 1 aliphatic carbocycles. The second-order valence-corrected chi connectivity index (χ2v) is 6.81. The highest BCUT2D eigenvalue weighted by atomic mass is 16.5. The van der Waals surface area contributed by atoms with Crippen LogP contribution in [0.3, 0.4) is 0 Å². The standard InChI is InChI=1S/C15H25N3O2/c1-11-5-4-6-15(9-11,19-3)12-17-13(20-18-12)14(2)7-8-16-10-14/h11,16H,4-10H2,1-3H3. The number of ether oxygens (including phenoxy) is 1. The molecule has 3 atom stereocenters. The lowest BCUT2D eigenvalue weighted by Crippen LogP contribution is -2.35. The fraction of sp³-hybridized carbons (Fsp3) is 0.867. The zero-order valence-electron chi connectivity index (χ0n) is 12.7. The molecule has 5 heteroatoms. The minimum atomic E-state index is -0.345. The van der Waals surface area contributed by atoms with E-state index in [1.807, 2.05) is 0 Å². The Labute approximate surface area is 120 Å². The van der Waals surface area contributed by atoms with Crippen molar-refractivity contribution in [3.63, 3.8) is 0 Å². The van der Waals surface area contributed by atoms with Gasteiger partial charge in [0.15, 0.2) is 0 Å². The summed E-state index contributed by atoms with van der Waals surface area (Å²) in [7, 11) is 1.77. The van der Waals surface area contributed by atoms with Crippen LogP contribution in [-0.2, 0) is 15.8 Å². The van der Waals surface area contributed by atoms with E-state index < -0.39 is 0 Å². The molecule has 20 heavy (non-hydrogen) atoms. The summed E-state index contributed by atoms with van der Waals surface area (Å²) in [5.74, 6) is 2.15. The summed E-state index contributed by atoms with van der Waals surface area (Å²) in [5.41, 5.74) is -0.373. The highest BCUT2D eigenvalue weighted by molar-refractivity contribution is 5.11. The van der Waals surface area contributed by atoms with Crippen LogP contribution in [0.1, 0.15) is 57.7 Å². The summed E-state index contributed by atoms with van der Waals surface area (Å²) < 4.78 is 11.4. The third-order valence-corrected chi connectivity index (χ3v) is 5.07. The van der Waals surface area contributed by atoms with Crippen molar-refractivity contribution in [2.75, 3.05) is 20.2 Å². The van der Waals surface area contributed by atoms with Gasteiger partial charge in [-0.3, -0.25) is 0 Å². The third-order valence-electron chi connectivity index (χ3n) is 5.07. The van der Waals surface area contributed by atoms with E-state index in [4.69, 9.17) is 14.2 Å². The molecule has 1 aliphatic heterocycles. The third kappa shape index (κ3) is 2.27. The van der Waals surface area contributed by atoms with Crippen molar-refractivity contribution in [3.05, 3.63) is 11.7 Å². The fourth-order valence-corrected chi connectivity index (χ4v) is 3.64. The Bertz CT molecular complexity index is 467. The van der Waals surface area contributed by atoms with Gasteiger partial charge in [0, 0.05) is 13.7 Å². The second-order valence-electron chi connectivity index (χ2n) is 6.81. The summed E-state index contributed by atoms with van der Waals surface area (Å²) in [6.45, 7) is 6.38. The van der Waals surface area contributed by atoms with Crippen molar-refractivity contribution in [2.24, 2.45) is 5.92 Å². The molecule has 0 bridgehead atoms. The number of nitrogens with one attached hydrogen (secondary N) is 1. The van der Waals surface area contributed by atoms with E-state index in [0.29, 0.717) is 5.92 Å². The van der Waals surface area contributed by atoms with Crippen molar-refractivity contribution in [1.82, 2.24) is 15.5 Å². The summed E-state index contributed by atoms with van der Waals surface area (Å²) in [4.78, 5) is 4.72. The molecule has 112 valence electrons. The van der Waals surface area contributed by atoms with Crippen LogP contribution in [0.25, 0.3) is 0 Å². The van der Waals surface area contributed by atoms with Gasteiger partial charge < -0.3 is 14.6 Å². The Morgan fingerprint density at radius 1 is 1.40 bits per heavy atom. The molecule has 1 saturated heterocycles. The van der Waals surface area contributed by atoms with Crippen LogP contribution in [-0.4, -0.2) is 30.3 Å². The Kier molecular flexibility index (Phi) is 3.58. The minimum absolute atomic E-state index is 0.0273. The zero-order valence-corrected chi connectivity index (χ0v) is 12.7. The van der Waals surface area contributed by atoms with Gasteiger partial charge in [-0.15, -0.1) is 0 Å². The number of methoxy groups -OCH3 is 1. The van der Waals surface area contributed by atoms with Gasteiger partial charge in [-0.05, 0) is 45.1 Å². The molecule has 0 radical (unpaired) electrons. The molecule has 2 fully saturated rings. The highest BCUT2D eigenvalue weighted by Gasteiger charge is 2.43. The van der Waals surface area contributed by atoms with Crippen LogP contribution in [0.2, 0.25) is 0 Å². The van der Waals surface area contributed by atoms with Gasteiger partial charge in [0.1, 0.15) is 5.60 Å². The summed E-state index contributed by atoms with van der Waals surface area (Å²) in [6.07, 6.45) is 5.44. The molecule has 3 rings (SSSR count). The van der Waals surface area contributed by atoms with Gasteiger partial charge in [0.05, 0.1) is 5.41 Å². The first-order valence-corrected chi connectivity index (χ1v) is 7.69. The Hall–Kier alpha value is -0.940. The lowest BCUT2D eigenvalue weighted by molar-refractivity contribution is -0.0658. The molecule has 1 aromatic rings. The molecule has 0 amide bonds. The lowest BCUT2D eigenvalue weighted by atomic mass is 9.78. The SMILES string of the molecule is COC1(c2noc(C3(C)CCNC3)n2)CCCC(C)C1. The Morgan fingerprint density at radius 3 is 2.90 bits per heavy atom. The molecule has 3 unspecified atom stereocenters. The molecular weight excluding hydrogens is 254 g/mol. The average Bonchev–Trinajstić information content (AvgIpc) is 3.08. The summed E-state index contributed by atoms with van der Waals surface area (Å²) >= 11 is 0. The van der Waals surface area contributed by atoms with E-state index in [0.717, 1.165) is 50.5 Å². The molecule has 5 nitrogen and oxygen atoms in total. The Balaban J connectivity index is 1.88. The van der Waals surface area contributed by atoms with Gasteiger partial charge in [0.25, 0.3) is 0 Å². The first-order valence-electron chi connectivity index (χ1n) is 7.69. The van der Waals surface area contributed by atoms with Crippen LogP contribution in [0, 0.1) is 5.92 Å². The van der Waals surface area contributed by atoms with Crippen LogP contribution in [0.5, 0.6) is 0 Å². The highest BCUT2D eigenvalue weighted by Crippen LogP contribution is 2.42. The van der Waals surface area contributed by atoms with Crippen LogP contribution < -0.4 is 5.32 Å². The number of aromatic nitrogens is 2. The summed E-state index contributed by atoms with van der Waals surface area (Å²) in [6, 6.07) is 0.